The van der Waals surface area contributed by atoms with Gasteiger partial charge in [0.25, 0.3) is 0 Å². The number of ether oxygens (including phenoxy) is 4. The van der Waals surface area contributed by atoms with E-state index in [9.17, 15) is 14.4 Å². The summed E-state index contributed by atoms with van der Waals surface area (Å²) in [5.41, 5.74) is 0.249. The Morgan fingerprint density at radius 3 is 1.76 bits per heavy atom. The van der Waals surface area contributed by atoms with E-state index in [1.165, 1.54) is 11.8 Å². The molecule has 4 rings (SSSR count). The first-order valence-corrected chi connectivity index (χ1v) is 12.3. The lowest BCUT2D eigenvalue weighted by atomic mass is 9.83. The van der Waals surface area contributed by atoms with E-state index in [2.05, 4.69) is 10.6 Å². The normalized spacial score (nSPS) is 13.6. The minimum absolute atomic E-state index is 0.253. The first-order valence-electron chi connectivity index (χ1n) is 11.3. The van der Waals surface area contributed by atoms with Crippen LogP contribution in [-0.2, 0) is 9.47 Å². The fraction of sp³-hybridized carbons (Fsp3) is 0.222. The van der Waals surface area contributed by atoms with Gasteiger partial charge in [0.05, 0.1) is 14.2 Å². The van der Waals surface area contributed by atoms with Crippen LogP contribution in [0.5, 0.6) is 11.5 Å². The molecule has 1 aliphatic heterocycles. The van der Waals surface area contributed by atoms with Crippen molar-refractivity contribution in [2.24, 2.45) is 5.41 Å². The first kappa shape index (κ1) is 25.9. The molecule has 0 aromatic heterocycles. The summed E-state index contributed by atoms with van der Waals surface area (Å²) in [6.45, 7) is -0.546. The van der Waals surface area contributed by atoms with E-state index in [0.717, 1.165) is 4.90 Å². The summed E-state index contributed by atoms with van der Waals surface area (Å²) in [7, 11) is 3.10. The highest BCUT2D eigenvalue weighted by Crippen LogP contribution is 2.40. The smallest absolute Gasteiger partial charge is 0.411 e. The minimum atomic E-state index is -1.26. The number of anilines is 2. The third-order valence-corrected chi connectivity index (χ3v) is 7.11. The molecule has 0 radical (unpaired) electrons. The van der Waals surface area contributed by atoms with Gasteiger partial charge < -0.3 is 18.9 Å². The Morgan fingerprint density at radius 2 is 1.27 bits per heavy atom. The third-order valence-electron chi connectivity index (χ3n) is 5.75. The molecule has 2 amide bonds. The molecule has 37 heavy (non-hydrogen) atoms. The van der Waals surface area contributed by atoms with Crippen LogP contribution in [0, 0.1) is 5.41 Å². The van der Waals surface area contributed by atoms with E-state index in [-0.39, 0.29) is 24.7 Å². The van der Waals surface area contributed by atoms with Gasteiger partial charge in [0.15, 0.2) is 5.78 Å². The Bertz CT molecular complexity index is 1200. The Kier molecular flexibility index (Phi) is 8.19. The van der Waals surface area contributed by atoms with Crippen molar-refractivity contribution >= 4 is 41.1 Å². The molecule has 0 spiro atoms. The molecule has 10 heteroatoms. The molecular weight excluding hydrogens is 496 g/mol. The number of amides is 2. The maximum Gasteiger partial charge on any atom is 0.411 e. The van der Waals surface area contributed by atoms with E-state index in [4.69, 9.17) is 18.9 Å². The number of ketones is 1. The van der Waals surface area contributed by atoms with Gasteiger partial charge in [0.2, 0.25) is 0 Å². The molecular formula is C27H26N2O7S. The van der Waals surface area contributed by atoms with Gasteiger partial charge in [-0.2, -0.15) is 0 Å². The number of Topliss-reactive ketones (excluding diaryl/α,β-unsaturated/α-hetero) is 1. The summed E-state index contributed by atoms with van der Waals surface area (Å²) in [5, 5.41) is 5.25. The molecule has 192 valence electrons. The van der Waals surface area contributed by atoms with Gasteiger partial charge in [-0.3, -0.25) is 15.4 Å². The number of hydrogen-bond acceptors (Lipinski definition) is 8. The zero-order chi connectivity index (χ0) is 26.3. The van der Waals surface area contributed by atoms with E-state index < -0.39 is 17.6 Å². The van der Waals surface area contributed by atoms with Crippen LogP contribution < -0.4 is 20.1 Å². The van der Waals surface area contributed by atoms with Crippen molar-refractivity contribution in [3.8, 4) is 11.5 Å². The molecule has 3 aromatic carbocycles. The summed E-state index contributed by atoms with van der Waals surface area (Å²) in [4.78, 5) is 39.4. The lowest BCUT2D eigenvalue weighted by Crippen LogP contribution is -2.46. The molecule has 0 saturated heterocycles. The van der Waals surface area contributed by atoms with Crippen molar-refractivity contribution in [1.82, 2.24) is 0 Å². The molecule has 0 fully saturated rings. The number of hydrogen-bond donors (Lipinski definition) is 2. The lowest BCUT2D eigenvalue weighted by molar-refractivity contribution is 0.0388. The van der Waals surface area contributed by atoms with Crippen LogP contribution in [0.25, 0.3) is 0 Å². The van der Waals surface area contributed by atoms with E-state index in [1.807, 2.05) is 12.1 Å². The zero-order valence-electron chi connectivity index (χ0n) is 20.3. The Hall–Kier alpha value is -4.18. The molecule has 3 aromatic rings. The molecule has 2 N–H and O–H groups in total. The monoisotopic (exact) mass is 522 g/mol. The molecule has 0 aliphatic carbocycles. The van der Waals surface area contributed by atoms with Crippen LogP contribution >= 0.6 is 11.8 Å². The number of carbonyl (C=O) groups is 3. The van der Waals surface area contributed by atoms with E-state index in [0.29, 0.717) is 28.4 Å². The van der Waals surface area contributed by atoms with E-state index >= 15 is 0 Å². The topological polar surface area (TPSA) is 112 Å². The van der Waals surface area contributed by atoms with Crippen LogP contribution in [0.1, 0.15) is 10.4 Å². The maximum atomic E-state index is 13.6. The summed E-state index contributed by atoms with van der Waals surface area (Å²) >= 11 is 1.45. The number of thioether (sulfide) groups is 1. The maximum absolute atomic E-state index is 13.6. The van der Waals surface area contributed by atoms with Gasteiger partial charge >= 0.3 is 12.2 Å². The number of rotatable bonds is 8. The van der Waals surface area contributed by atoms with Crippen molar-refractivity contribution in [3.63, 3.8) is 0 Å². The fourth-order valence-electron chi connectivity index (χ4n) is 3.67. The molecule has 0 bridgehead atoms. The van der Waals surface area contributed by atoms with Crippen molar-refractivity contribution in [3.05, 3.63) is 78.4 Å². The van der Waals surface area contributed by atoms with Gasteiger partial charge in [-0.05, 0) is 54.6 Å². The first-order chi connectivity index (χ1) is 17.9. The minimum Gasteiger partial charge on any atom is -0.497 e. The molecule has 9 nitrogen and oxygen atoms in total. The Balaban J connectivity index is 1.44. The van der Waals surface area contributed by atoms with Gasteiger partial charge in [-0.15, -0.1) is 11.8 Å². The zero-order valence-corrected chi connectivity index (χ0v) is 21.1. The highest BCUT2D eigenvalue weighted by atomic mass is 32.2. The summed E-state index contributed by atoms with van der Waals surface area (Å²) in [6, 6.07) is 20.7. The predicted octanol–water partition coefficient (Wildman–Crippen LogP) is 5.48. The third kappa shape index (κ3) is 6.34. The van der Waals surface area contributed by atoms with Crippen molar-refractivity contribution in [2.45, 2.75) is 4.90 Å². The molecule has 0 saturated carbocycles. The van der Waals surface area contributed by atoms with Gasteiger partial charge in [0.1, 0.15) is 30.1 Å². The number of nitrogens with one attached hydrogen (secondary N) is 2. The van der Waals surface area contributed by atoms with Crippen molar-refractivity contribution < 1.29 is 33.3 Å². The van der Waals surface area contributed by atoms with Crippen LogP contribution in [0.4, 0.5) is 21.0 Å². The summed E-state index contributed by atoms with van der Waals surface area (Å²) < 4.78 is 21.2. The van der Waals surface area contributed by atoms with E-state index in [1.54, 1.807) is 74.9 Å². The number of fused-ring (bicyclic) bond motifs is 1. The number of methoxy groups -OCH3 is 2. The molecule has 1 aliphatic rings. The second-order valence-electron chi connectivity index (χ2n) is 8.25. The molecule has 0 unspecified atom stereocenters. The van der Waals surface area contributed by atoms with Gasteiger partial charge in [0, 0.05) is 27.6 Å². The van der Waals surface area contributed by atoms with Crippen LogP contribution in [-0.4, -0.2) is 51.2 Å². The second-order valence-corrected chi connectivity index (χ2v) is 9.27. The Morgan fingerprint density at radius 1 is 0.784 bits per heavy atom. The lowest BCUT2D eigenvalue weighted by Gasteiger charge is -2.34. The summed E-state index contributed by atoms with van der Waals surface area (Å²) in [6.07, 6.45) is -1.47. The van der Waals surface area contributed by atoms with Gasteiger partial charge in [-0.25, -0.2) is 9.59 Å². The highest BCUT2D eigenvalue weighted by Gasteiger charge is 2.45. The second kappa shape index (κ2) is 11.7. The molecule has 0 atom stereocenters. The van der Waals surface area contributed by atoms with Crippen LogP contribution in [0.15, 0.2) is 77.7 Å². The quantitative estimate of drug-likeness (QED) is 0.400. The predicted molar refractivity (Wildman–Crippen MR) is 140 cm³/mol. The van der Waals surface area contributed by atoms with Crippen LogP contribution in [0.2, 0.25) is 0 Å². The average molecular weight is 523 g/mol. The Labute approximate surface area is 218 Å². The van der Waals surface area contributed by atoms with Crippen molar-refractivity contribution in [1.29, 1.82) is 0 Å². The standard InChI is InChI=1S/C27H26N2O7S/c1-33-20-11-7-18(8-12-20)28-25(31)35-15-27(17-37-23-6-4-3-5-22(23)24(27)30)16-36-26(32)29-19-9-13-21(34-2)14-10-19/h3-14H,15-17H2,1-2H3,(H,28,31)(H,29,32). The number of benzene rings is 3. The largest absolute Gasteiger partial charge is 0.497 e. The van der Waals surface area contributed by atoms with Gasteiger partial charge in [-0.1, -0.05) is 18.2 Å². The SMILES string of the molecule is COc1ccc(NC(=O)OCC2(COC(=O)Nc3ccc(OC)cc3)CSc3ccccc3C2=O)cc1. The highest BCUT2D eigenvalue weighted by molar-refractivity contribution is 7.99. The van der Waals surface area contributed by atoms with Crippen molar-refractivity contribution in [2.75, 3.05) is 43.8 Å². The average Bonchev–Trinajstić information content (AvgIpc) is 2.93. The summed E-state index contributed by atoms with van der Waals surface area (Å²) in [5.74, 6) is 1.31. The number of carbonyl (C=O) groups excluding carboxylic acids is 3. The molecule has 1 heterocycles. The van der Waals surface area contributed by atoms with Crippen LogP contribution in [0.3, 0.4) is 0 Å². The fourth-order valence-corrected chi connectivity index (χ4v) is 4.89.